The lowest BCUT2D eigenvalue weighted by Crippen LogP contribution is -2.53. The van der Waals surface area contributed by atoms with Crippen molar-refractivity contribution in [2.24, 2.45) is 0 Å². The van der Waals surface area contributed by atoms with E-state index in [1.807, 2.05) is 9.80 Å². The number of morpholine rings is 1. The minimum atomic E-state index is -0.630. The molecule has 0 spiro atoms. The van der Waals surface area contributed by atoms with Gasteiger partial charge in [-0.1, -0.05) is 0 Å². The van der Waals surface area contributed by atoms with Gasteiger partial charge in [0, 0.05) is 45.0 Å². The van der Waals surface area contributed by atoms with Crippen LogP contribution in [0.4, 0.5) is 5.69 Å². The number of piperazine rings is 1. The predicted octanol–water partition coefficient (Wildman–Crippen LogP) is -0.325. The highest BCUT2D eigenvalue weighted by molar-refractivity contribution is 5.99. The van der Waals surface area contributed by atoms with Crippen molar-refractivity contribution in [3.05, 3.63) is 29.3 Å². The number of hydrogen-bond acceptors (Lipinski definition) is 9. The van der Waals surface area contributed by atoms with Crippen LogP contribution in [0.15, 0.2) is 18.2 Å². The Bertz CT molecular complexity index is 843. The van der Waals surface area contributed by atoms with E-state index in [2.05, 4.69) is 10.2 Å². The van der Waals surface area contributed by atoms with Gasteiger partial charge in [-0.2, -0.15) is 0 Å². The number of methoxy groups -OCH3 is 2. The summed E-state index contributed by atoms with van der Waals surface area (Å²) in [4.78, 5) is 54.8. The third kappa shape index (κ3) is 6.98. The van der Waals surface area contributed by atoms with Gasteiger partial charge in [-0.15, -0.1) is 0 Å². The molecule has 2 heterocycles. The normalized spacial score (nSPS) is 17.3. The smallest absolute Gasteiger partial charge is 0.337 e. The van der Waals surface area contributed by atoms with Crippen molar-refractivity contribution in [2.45, 2.75) is 0 Å². The lowest BCUT2D eigenvalue weighted by Gasteiger charge is -2.36. The van der Waals surface area contributed by atoms with E-state index in [4.69, 9.17) is 14.2 Å². The fourth-order valence-electron chi connectivity index (χ4n) is 3.78. The SMILES string of the molecule is COC(=O)c1cc(NC(=O)CN2CCN(C(=O)CN3CCOCC3)CC2)cc(C(=O)OC)c1. The summed E-state index contributed by atoms with van der Waals surface area (Å²) in [5.74, 6) is -1.46. The van der Waals surface area contributed by atoms with E-state index in [-0.39, 0.29) is 29.5 Å². The molecule has 0 aromatic heterocycles. The molecule has 11 heteroatoms. The predicted molar refractivity (Wildman–Crippen MR) is 118 cm³/mol. The highest BCUT2D eigenvalue weighted by atomic mass is 16.5. The number of esters is 2. The van der Waals surface area contributed by atoms with Gasteiger partial charge in [-0.25, -0.2) is 9.59 Å². The topological polar surface area (TPSA) is 118 Å². The maximum Gasteiger partial charge on any atom is 0.337 e. The van der Waals surface area contributed by atoms with Crippen molar-refractivity contribution in [3.63, 3.8) is 0 Å². The van der Waals surface area contributed by atoms with Gasteiger partial charge in [0.15, 0.2) is 0 Å². The Morgan fingerprint density at radius 3 is 1.91 bits per heavy atom. The highest BCUT2D eigenvalue weighted by Crippen LogP contribution is 2.17. The van der Waals surface area contributed by atoms with Crippen LogP contribution in [0.5, 0.6) is 0 Å². The van der Waals surface area contributed by atoms with Gasteiger partial charge >= 0.3 is 11.9 Å². The molecule has 0 radical (unpaired) electrons. The Hall–Kier alpha value is -3.02. The Balaban J connectivity index is 1.51. The Morgan fingerprint density at radius 1 is 0.818 bits per heavy atom. The van der Waals surface area contributed by atoms with E-state index in [9.17, 15) is 19.2 Å². The standard InChI is InChI=1S/C22H30N4O7/c1-31-21(29)16-11-17(22(30)32-2)13-18(12-16)23-19(27)14-24-3-5-26(6-4-24)20(28)15-25-7-9-33-10-8-25/h11-13H,3-10,14-15H2,1-2H3,(H,23,27). The van der Waals surface area contributed by atoms with Crippen LogP contribution in [0.25, 0.3) is 0 Å². The summed E-state index contributed by atoms with van der Waals surface area (Å²) in [6, 6.07) is 4.23. The molecule has 0 unspecified atom stereocenters. The second kappa shape index (κ2) is 11.7. The van der Waals surface area contributed by atoms with Crippen molar-refractivity contribution < 1.29 is 33.4 Å². The molecule has 3 rings (SSSR count). The zero-order valence-electron chi connectivity index (χ0n) is 19.0. The first-order valence-electron chi connectivity index (χ1n) is 10.8. The van der Waals surface area contributed by atoms with Gasteiger partial charge in [-0.05, 0) is 18.2 Å². The maximum atomic E-state index is 12.6. The number of carbonyl (C=O) groups excluding carboxylic acids is 4. The number of hydrogen-bond donors (Lipinski definition) is 1. The molecule has 0 bridgehead atoms. The van der Waals surface area contributed by atoms with Gasteiger partial charge in [0.2, 0.25) is 11.8 Å². The van der Waals surface area contributed by atoms with Crippen LogP contribution in [-0.2, 0) is 23.8 Å². The fourth-order valence-corrected chi connectivity index (χ4v) is 3.78. The summed E-state index contributed by atoms with van der Waals surface area (Å²) in [5, 5.41) is 2.72. The van der Waals surface area contributed by atoms with E-state index < -0.39 is 11.9 Å². The molecule has 0 saturated carbocycles. The van der Waals surface area contributed by atoms with Gasteiger partial charge < -0.3 is 24.4 Å². The van der Waals surface area contributed by atoms with Crippen molar-refractivity contribution in [3.8, 4) is 0 Å². The first kappa shape index (κ1) is 24.6. The summed E-state index contributed by atoms with van der Waals surface area (Å²) in [5.41, 5.74) is 0.550. The molecule has 0 aliphatic carbocycles. The van der Waals surface area contributed by atoms with Crippen LogP contribution in [-0.4, -0.2) is 118 Å². The molecule has 1 aromatic rings. The summed E-state index contributed by atoms with van der Waals surface area (Å²) < 4.78 is 14.7. The van der Waals surface area contributed by atoms with Gasteiger partial charge in [0.25, 0.3) is 0 Å². The van der Waals surface area contributed by atoms with Crippen LogP contribution in [0.1, 0.15) is 20.7 Å². The summed E-state index contributed by atoms with van der Waals surface area (Å²) >= 11 is 0. The number of benzene rings is 1. The van der Waals surface area contributed by atoms with Crippen molar-refractivity contribution in [1.29, 1.82) is 0 Å². The molecule has 180 valence electrons. The van der Waals surface area contributed by atoms with Crippen LogP contribution >= 0.6 is 0 Å². The molecule has 2 aliphatic heterocycles. The molecule has 2 amide bonds. The Labute approximate surface area is 192 Å². The van der Waals surface area contributed by atoms with Crippen LogP contribution in [0.3, 0.4) is 0 Å². The first-order valence-corrected chi connectivity index (χ1v) is 10.8. The summed E-state index contributed by atoms with van der Waals surface area (Å²) in [7, 11) is 2.47. The number of anilines is 1. The minimum absolute atomic E-state index is 0.0935. The van der Waals surface area contributed by atoms with E-state index in [1.165, 1.54) is 32.4 Å². The van der Waals surface area contributed by atoms with Crippen LogP contribution in [0.2, 0.25) is 0 Å². The molecular weight excluding hydrogens is 432 g/mol. The summed E-state index contributed by atoms with van der Waals surface area (Å²) in [6.07, 6.45) is 0. The van der Waals surface area contributed by atoms with E-state index >= 15 is 0 Å². The van der Waals surface area contributed by atoms with E-state index in [0.717, 1.165) is 13.1 Å². The first-order chi connectivity index (χ1) is 15.9. The minimum Gasteiger partial charge on any atom is -0.465 e. The molecule has 1 aromatic carbocycles. The number of carbonyl (C=O) groups is 4. The van der Waals surface area contributed by atoms with Gasteiger partial charge in [0.1, 0.15) is 0 Å². The van der Waals surface area contributed by atoms with Crippen molar-refractivity contribution >= 4 is 29.4 Å². The Kier molecular flexibility index (Phi) is 8.75. The zero-order valence-corrected chi connectivity index (χ0v) is 19.0. The van der Waals surface area contributed by atoms with Crippen molar-refractivity contribution in [1.82, 2.24) is 14.7 Å². The molecule has 0 atom stereocenters. The third-order valence-corrected chi connectivity index (χ3v) is 5.61. The second-order valence-electron chi connectivity index (χ2n) is 7.88. The molecule has 33 heavy (non-hydrogen) atoms. The van der Waals surface area contributed by atoms with E-state index in [1.54, 1.807) is 0 Å². The number of nitrogens with one attached hydrogen (secondary N) is 1. The molecular formula is C22H30N4O7. The third-order valence-electron chi connectivity index (χ3n) is 5.61. The average Bonchev–Trinajstić information content (AvgIpc) is 2.83. The molecule has 2 fully saturated rings. The number of rotatable bonds is 7. The average molecular weight is 463 g/mol. The monoisotopic (exact) mass is 462 g/mol. The lowest BCUT2D eigenvalue weighted by atomic mass is 10.1. The lowest BCUT2D eigenvalue weighted by molar-refractivity contribution is -0.135. The second-order valence-corrected chi connectivity index (χ2v) is 7.88. The quantitative estimate of drug-likeness (QED) is 0.544. The molecule has 1 N–H and O–H groups in total. The van der Waals surface area contributed by atoms with Crippen LogP contribution in [0, 0.1) is 0 Å². The molecule has 2 saturated heterocycles. The van der Waals surface area contributed by atoms with Crippen LogP contribution < -0.4 is 5.32 Å². The van der Waals surface area contributed by atoms with E-state index in [0.29, 0.717) is 51.6 Å². The number of ether oxygens (including phenoxy) is 3. The molecule has 2 aliphatic rings. The largest absolute Gasteiger partial charge is 0.465 e. The molecule has 11 nitrogen and oxygen atoms in total. The number of amides is 2. The Morgan fingerprint density at radius 2 is 1.36 bits per heavy atom. The van der Waals surface area contributed by atoms with Gasteiger partial charge in [-0.3, -0.25) is 19.4 Å². The highest BCUT2D eigenvalue weighted by Gasteiger charge is 2.24. The van der Waals surface area contributed by atoms with Gasteiger partial charge in [0.05, 0.1) is 51.6 Å². The summed E-state index contributed by atoms with van der Waals surface area (Å²) in [6.45, 7) is 5.63. The van der Waals surface area contributed by atoms with Crippen molar-refractivity contribution in [2.75, 3.05) is 85.1 Å². The maximum absolute atomic E-state index is 12.6. The number of nitrogens with zero attached hydrogens (tertiary/aromatic N) is 3. The zero-order chi connectivity index (χ0) is 23.8. The fraction of sp³-hybridized carbons (Fsp3) is 0.545.